The highest BCUT2D eigenvalue weighted by Crippen LogP contribution is 2.14. The predicted molar refractivity (Wildman–Crippen MR) is 93.1 cm³/mol. The number of nitrogens with one attached hydrogen (secondary N) is 1. The number of hydrogen-bond donors (Lipinski definition) is 1. The molecule has 9 heteroatoms. The van der Waals surface area contributed by atoms with Crippen LogP contribution in [0.5, 0.6) is 11.5 Å². The van der Waals surface area contributed by atoms with Crippen LogP contribution >= 0.6 is 0 Å². The van der Waals surface area contributed by atoms with Gasteiger partial charge < -0.3 is 14.2 Å². The number of esters is 1. The van der Waals surface area contributed by atoms with Gasteiger partial charge in [-0.1, -0.05) is 18.2 Å². The summed E-state index contributed by atoms with van der Waals surface area (Å²) in [4.78, 5) is 35.1. The van der Waals surface area contributed by atoms with E-state index in [2.05, 4.69) is 4.74 Å². The number of imide groups is 1. The molecule has 0 atom stereocenters. The summed E-state index contributed by atoms with van der Waals surface area (Å²) in [6.45, 7) is -3.53. The van der Waals surface area contributed by atoms with Gasteiger partial charge >= 0.3 is 12.6 Å². The molecule has 28 heavy (non-hydrogen) atoms. The van der Waals surface area contributed by atoms with Crippen LogP contribution < -0.4 is 14.8 Å². The van der Waals surface area contributed by atoms with Crippen molar-refractivity contribution in [2.75, 3.05) is 13.2 Å². The van der Waals surface area contributed by atoms with Crippen molar-refractivity contribution in [1.29, 1.82) is 0 Å². The highest BCUT2D eigenvalue weighted by Gasteiger charge is 2.13. The smallest absolute Gasteiger partial charge is 0.387 e. The van der Waals surface area contributed by atoms with Crippen LogP contribution in [0.3, 0.4) is 0 Å². The molecule has 148 valence electrons. The first kappa shape index (κ1) is 20.8. The van der Waals surface area contributed by atoms with Crippen molar-refractivity contribution in [1.82, 2.24) is 5.32 Å². The number of carbonyl (C=O) groups is 3. The van der Waals surface area contributed by atoms with Crippen molar-refractivity contribution in [3.8, 4) is 11.5 Å². The number of alkyl halides is 2. The Hall–Kier alpha value is -3.49. The number of carbonyl (C=O) groups excluding carboxylic acids is 3. The number of benzene rings is 2. The molecule has 0 aliphatic heterocycles. The second-order valence-electron chi connectivity index (χ2n) is 5.35. The fourth-order valence-corrected chi connectivity index (χ4v) is 2.01. The molecule has 2 rings (SSSR count). The van der Waals surface area contributed by atoms with Gasteiger partial charge in [-0.05, 0) is 36.4 Å². The number of amides is 2. The summed E-state index contributed by atoms with van der Waals surface area (Å²) in [6, 6.07) is 13.6. The summed E-state index contributed by atoms with van der Waals surface area (Å²) in [5.74, 6) is -1.77. The maximum absolute atomic E-state index is 12.1. The second kappa shape index (κ2) is 10.6. The minimum atomic E-state index is -2.98. The quantitative estimate of drug-likeness (QED) is 0.659. The third-order valence-electron chi connectivity index (χ3n) is 3.28. The molecule has 7 nitrogen and oxygen atoms in total. The van der Waals surface area contributed by atoms with E-state index in [0.29, 0.717) is 5.75 Å². The normalized spacial score (nSPS) is 10.2. The molecular formula is C19H17F2NO6. The van der Waals surface area contributed by atoms with Gasteiger partial charge in [-0.25, -0.2) is 0 Å². The van der Waals surface area contributed by atoms with E-state index in [1.165, 1.54) is 12.1 Å². The molecule has 2 aromatic rings. The lowest BCUT2D eigenvalue weighted by molar-refractivity contribution is -0.148. The number of rotatable bonds is 9. The van der Waals surface area contributed by atoms with Gasteiger partial charge in [0.15, 0.2) is 6.61 Å². The van der Waals surface area contributed by atoms with Gasteiger partial charge in [0.1, 0.15) is 11.5 Å². The maximum atomic E-state index is 12.1. The van der Waals surface area contributed by atoms with Gasteiger partial charge in [0.05, 0.1) is 13.0 Å². The average molecular weight is 393 g/mol. The van der Waals surface area contributed by atoms with Gasteiger partial charge in [0.2, 0.25) is 0 Å². The lowest BCUT2D eigenvalue weighted by Crippen LogP contribution is -2.34. The number of ether oxygens (including phenoxy) is 3. The Morgan fingerprint density at radius 1 is 0.929 bits per heavy atom. The highest BCUT2D eigenvalue weighted by molar-refractivity contribution is 6.05. The zero-order valence-electron chi connectivity index (χ0n) is 14.6. The molecule has 0 aromatic heterocycles. The van der Waals surface area contributed by atoms with Crippen LogP contribution in [0.2, 0.25) is 0 Å². The van der Waals surface area contributed by atoms with E-state index in [0.717, 1.165) is 12.1 Å². The zero-order valence-corrected chi connectivity index (χ0v) is 14.6. The van der Waals surface area contributed by atoms with Crippen molar-refractivity contribution in [3.05, 3.63) is 60.2 Å². The lowest BCUT2D eigenvalue weighted by Gasteiger charge is -2.08. The van der Waals surface area contributed by atoms with Crippen LogP contribution in [0.25, 0.3) is 0 Å². The number of para-hydroxylation sites is 1. The van der Waals surface area contributed by atoms with Crippen molar-refractivity contribution >= 4 is 17.8 Å². The maximum Gasteiger partial charge on any atom is 0.387 e. The van der Waals surface area contributed by atoms with Crippen molar-refractivity contribution in [3.63, 3.8) is 0 Å². The number of halogens is 2. The second-order valence-corrected chi connectivity index (χ2v) is 5.35. The third-order valence-corrected chi connectivity index (χ3v) is 3.28. The first-order chi connectivity index (χ1) is 13.4. The van der Waals surface area contributed by atoms with Crippen molar-refractivity contribution in [2.24, 2.45) is 0 Å². The predicted octanol–water partition coefficient (Wildman–Crippen LogP) is 2.56. The molecule has 0 saturated heterocycles. The molecular weight excluding hydrogens is 376 g/mol. The summed E-state index contributed by atoms with van der Waals surface area (Å²) in [6.07, 6.45) is -0.0677. The molecule has 0 aliphatic rings. The molecule has 0 fully saturated rings. The number of hydrogen-bond acceptors (Lipinski definition) is 6. The summed E-state index contributed by atoms with van der Waals surface area (Å²) in [5, 5.41) is 2.02. The van der Waals surface area contributed by atoms with Crippen LogP contribution in [0.4, 0.5) is 8.78 Å². The van der Waals surface area contributed by atoms with E-state index in [4.69, 9.17) is 9.47 Å². The Morgan fingerprint density at radius 3 is 2.25 bits per heavy atom. The Balaban J connectivity index is 1.68. The zero-order chi connectivity index (χ0) is 20.4. The Labute approximate surface area is 159 Å². The fraction of sp³-hybridized carbons (Fsp3) is 0.211. The standard InChI is InChI=1S/C19H17F2NO6/c20-19(21)28-15-8-6-13(7-9-15)18(25)22-16(23)12-27-17(24)10-11-26-14-4-2-1-3-5-14/h1-9,19H,10-12H2,(H,22,23,25). The van der Waals surface area contributed by atoms with Gasteiger partial charge in [-0.15, -0.1) is 0 Å². The molecule has 1 N–H and O–H groups in total. The lowest BCUT2D eigenvalue weighted by atomic mass is 10.2. The fourth-order valence-electron chi connectivity index (χ4n) is 2.01. The van der Waals surface area contributed by atoms with E-state index in [1.807, 2.05) is 11.4 Å². The molecule has 0 heterocycles. The molecule has 0 spiro atoms. The highest BCUT2D eigenvalue weighted by atomic mass is 19.3. The van der Waals surface area contributed by atoms with Crippen LogP contribution in [0.1, 0.15) is 16.8 Å². The molecule has 0 radical (unpaired) electrons. The van der Waals surface area contributed by atoms with E-state index in [-0.39, 0.29) is 24.3 Å². The minimum Gasteiger partial charge on any atom is -0.493 e. The Kier molecular flexibility index (Phi) is 7.89. The van der Waals surface area contributed by atoms with Gasteiger partial charge in [0.25, 0.3) is 11.8 Å². The van der Waals surface area contributed by atoms with Gasteiger partial charge in [-0.2, -0.15) is 8.78 Å². The first-order valence-electron chi connectivity index (χ1n) is 8.16. The van der Waals surface area contributed by atoms with E-state index >= 15 is 0 Å². The van der Waals surface area contributed by atoms with Crippen molar-refractivity contribution < 1.29 is 37.4 Å². The van der Waals surface area contributed by atoms with Crippen molar-refractivity contribution in [2.45, 2.75) is 13.0 Å². The van der Waals surface area contributed by atoms with Gasteiger partial charge in [0, 0.05) is 5.56 Å². The average Bonchev–Trinajstić information content (AvgIpc) is 2.67. The van der Waals surface area contributed by atoms with Gasteiger partial charge in [-0.3, -0.25) is 19.7 Å². The minimum absolute atomic E-state index is 0.0533. The van der Waals surface area contributed by atoms with Crippen LogP contribution in [0, 0.1) is 0 Å². The monoisotopic (exact) mass is 393 g/mol. The molecule has 0 saturated carbocycles. The molecule has 0 unspecified atom stereocenters. The topological polar surface area (TPSA) is 90.9 Å². The van der Waals surface area contributed by atoms with Crippen LogP contribution in [-0.2, 0) is 14.3 Å². The van der Waals surface area contributed by atoms with Crippen LogP contribution in [-0.4, -0.2) is 37.6 Å². The van der Waals surface area contributed by atoms with E-state index in [9.17, 15) is 23.2 Å². The summed E-state index contributed by atoms with van der Waals surface area (Å²) in [7, 11) is 0. The largest absolute Gasteiger partial charge is 0.493 e. The summed E-state index contributed by atoms with van der Waals surface area (Å²) >= 11 is 0. The Morgan fingerprint density at radius 2 is 1.61 bits per heavy atom. The summed E-state index contributed by atoms with van der Waals surface area (Å²) < 4.78 is 38.4. The van der Waals surface area contributed by atoms with E-state index < -0.39 is 31.0 Å². The third kappa shape index (κ3) is 7.40. The Bertz CT molecular complexity index is 796. The molecule has 2 amide bonds. The first-order valence-corrected chi connectivity index (χ1v) is 8.16. The molecule has 2 aromatic carbocycles. The molecule has 0 bridgehead atoms. The van der Waals surface area contributed by atoms with Crippen LogP contribution in [0.15, 0.2) is 54.6 Å². The molecule has 0 aliphatic carbocycles. The SMILES string of the molecule is O=C(COC(=O)CCOc1ccccc1)NC(=O)c1ccc(OC(F)F)cc1. The van der Waals surface area contributed by atoms with E-state index in [1.54, 1.807) is 24.3 Å². The summed E-state index contributed by atoms with van der Waals surface area (Å²) in [5.41, 5.74) is 0.0533.